The minimum Gasteiger partial charge on any atom is -0.493 e. The normalized spacial score (nSPS) is 14.8. The first-order chi connectivity index (χ1) is 15.0. The second-order valence-electron chi connectivity index (χ2n) is 8.08. The Morgan fingerprint density at radius 1 is 0.903 bits per heavy atom. The molecule has 7 nitrogen and oxygen atoms in total. The van der Waals surface area contributed by atoms with Gasteiger partial charge in [0.25, 0.3) is 0 Å². The van der Waals surface area contributed by atoms with Gasteiger partial charge in [0.15, 0.2) is 11.5 Å². The summed E-state index contributed by atoms with van der Waals surface area (Å²) in [5.74, 6) is 1.58. The van der Waals surface area contributed by atoms with Crippen molar-refractivity contribution in [1.29, 1.82) is 0 Å². The Hall–Kier alpha value is -2.77. The molecule has 0 atom stereocenters. The van der Waals surface area contributed by atoms with Crippen molar-refractivity contribution in [2.75, 3.05) is 65.9 Å². The van der Waals surface area contributed by atoms with Gasteiger partial charge in [-0.1, -0.05) is 18.2 Å². The van der Waals surface area contributed by atoms with Gasteiger partial charge < -0.3 is 19.7 Å². The Bertz CT molecular complexity index is 846. The third-order valence-electron chi connectivity index (χ3n) is 5.63. The second-order valence-corrected chi connectivity index (χ2v) is 8.08. The van der Waals surface area contributed by atoms with Crippen LogP contribution in [0.15, 0.2) is 42.5 Å². The molecule has 3 rings (SSSR count). The van der Waals surface area contributed by atoms with Crippen molar-refractivity contribution in [3.63, 3.8) is 0 Å². The standard InChI is InChI=1S/C24H34N4O3/c1-26(2)21-8-5-19(6-9-21)16-25-24(29)18-28-13-11-27(12-14-28)17-20-7-10-22(30-3)23(15-20)31-4/h5-10,15H,11-14,16-18H2,1-4H3,(H,25,29). The van der Waals surface area contributed by atoms with Crippen molar-refractivity contribution in [1.82, 2.24) is 15.1 Å². The van der Waals surface area contributed by atoms with E-state index in [2.05, 4.69) is 50.3 Å². The summed E-state index contributed by atoms with van der Waals surface area (Å²) in [4.78, 5) is 19.0. The van der Waals surface area contributed by atoms with Crippen LogP contribution in [-0.4, -0.2) is 76.7 Å². The molecule has 2 aromatic rings. The van der Waals surface area contributed by atoms with Crippen LogP contribution in [-0.2, 0) is 17.9 Å². The van der Waals surface area contributed by atoms with Crippen molar-refractivity contribution in [2.24, 2.45) is 0 Å². The number of piperazine rings is 1. The summed E-state index contributed by atoms with van der Waals surface area (Å²) in [7, 11) is 7.34. The Balaban J connectivity index is 1.40. The van der Waals surface area contributed by atoms with Crippen LogP contribution in [0.3, 0.4) is 0 Å². The number of ether oxygens (including phenoxy) is 2. The van der Waals surface area contributed by atoms with Crippen molar-refractivity contribution < 1.29 is 14.3 Å². The van der Waals surface area contributed by atoms with Gasteiger partial charge in [-0.15, -0.1) is 0 Å². The zero-order valence-electron chi connectivity index (χ0n) is 19.1. The first kappa shape index (κ1) is 22.9. The molecule has 0 unspecified atom stereocenters. The number of carbonyl (C=O) groups excluding carboxylic acids is 1. The van der Waals surface area contributed by atoms with E-state index in [1.165, 1.54) is 5.56 Å². The molecule has 0 aromatic heterocycles. The van der Waals surface area contributed by atoms with Crippen LogP contribution in [0, 0.1) is 0 Å². The van der Waals surface area contributed by atoms with Crippen molar-refractivity contribution in [3.8, 4) is 11.5 Å². The fraction of sp³-hybridized carbons (Fsp3) is 0.458. The quantitative estimate of drug-likeness (QED) is 0.664. The highest BCUT2D eigenvalue weighted by Gasteiger charge is 2.19. The van der Waals surface area contributed by atoms with Gasteiger partial charge in [-0.2, -0.15) is 0 Å². The van der Waals surface area contributed by atoms with Crippen LogP contribution in [0.25, 0.3) is 0 Å². The number of benzene rings is 2. The average molecular weight is 427 g/mol. The number of nitrogens with one attached hydrogen (secondary N) is 1. The predicted octanol–water partition coefficient (Wildman–Crippen LogP) is 2.20. The van der Waals surface area contributed by atoms with E-state index in [1.807, 2.05) is 26.2 Å². The summed E-state index contributed by atoms with van der Waals surface area (Å²) >= 11 is 0. The zero-order chi connectivity index (χ0) is 22.2. The van der Waals surface area contributed by atoms with E-state index in [1.54, 1.807) is 14.2 Å². The highest BCUT2D eigenvalue weighted by atomic mass is 16.5. The van der Waals surface area contributed by atoms with Gasteiger partial charge in [-0.05, 0) is 35.4 Å². The summed E-state index contributed by atoms with van der Waals surface area (Å²) in [5.41, 5.74) is 3.46. The molecule has 1 saturated heterocycles. The van der Waals surface area contributed by atoms with Crippen LogP contribution in [0.4, 0.5) is 5.69 Å². The molecule has 7 heteroatoms. The highest BCUT2D eigenvalue weighted by Crippen LogP contribution is 2.28. The summed E-state index contributed by atoms with van der Waals surface area (Å²) in [6.45, 7) is 5.52. The molecule has 168 valence electrons. The lowest BCUT2D eigenvalue weighted by Crippen LogP contribution is -2.49. The topological polar surface area (TPSA) is 57.3 Å². The van der Waals surface area contributed by atoms with E-state index in [0.717, 1.165) is 55.5 Å². The van der Waals surface area contributed by atoms with Gasteiger partial charge in [-0.25, -0.2) is 0 Å². The monoisotopic (exact) mass is 426 g/mol. The Labute approximate surface area is 185 Å². The van der Waals surface area contributed by atoms with Crippen LogP contribution in [0.2, 0.25) is 0 Å². The zero-order valence-corrected chi connectivity index (χ0v) is 19.1. The molecular formula is C24H34N4O3. The van der Waals surface area contributed by atoms with Crippen molar-refractivity contribution in [2.45, 2.75) is 13.1 Å². The predicted molar refractivity (Wildman–Crippen MR) is 124 cm³/mol. The minimum atomic E-state index is 0.0741. The molecule has 0 aliphatic carbocycles. The Kier molecular flexibility index (Phi) is 8.14. The molecule has 1 heterocycles. The molecule has 0 spiro atoms. The fourth-order valence-corrected chi connectivity index (χ4v) is 3.71. The lowest BCUT2D eigenvalue weighted by molar-refractivity contribution is -0.122. The van der Waals surface area contributed by atoms with Gasteiger partial charge >= 0.3 is 0 Å². The maximum Gasteiger partial charge on any atom is 0.234 e. The number of nitrogens with zero attached hydrogens (tertiary/aromatic N) is 3. The highest BCUT2D eigenvalue weighted by molar-refractivity contribution is 5.78. The van der Waals surface area contributed by atoms with Crippen LogP contribution in [0.1, 0.15) is 11.1 Å². The van der Waals surface area contributed by atoms with Gasteiger partial charge in [0.2, 0.25) is 5.91 Å². The number of hydrogen-bond acceptors (Lipinski definition) is 6. The molecule has 1 aliphatic rings. The summed E-state index contributed by atoms with van der Waals surface area (Å²) in [6, 6.07) is 14.3. The summed E-state index contributed by atoms with van der Waals surface area (Å²) in [5, 5.41) is 3.04. The van der Waals surface area contributed by atoms with Crippen molar-refractivity contribution >= 4 is 11.6 Å². The number of rotatable bonds is 9. The van der Waals surface area contributed by atoms with E-state index in [9.17, 15) is 4.79 Å². The number of hydrogen-bond donors (Lipinski definition) is 1. The van der Waals surface area contributed by atoms with E-state index in [4.69, 9.17) is 9.47 Å². The largest absolute Gasteiger partial charge is 0.493 e. The molecule has 1 N–H and O–H groups in total. The first-order valence-electron chi connectivity index (χ1n) is 10.7. The molecule has 0 saturated carbocycles. The summed E-state index contributed by atoms with van der Waals surface area (Å²) in [6.07, 6.45) is 0. The lowest BCUT2D eigenvalue weighted by atomic mass is 10.1. The minimum absolute atomic E-state index is 0.0741. The summed E-state index contributed by atoms with van der Waals surface area (Å²) < 4.78 is 10.7. The lowest BCUT2D eigenvalue weighted by Gasteiger charge is -2.34. The molecule has 0 radical (unpaired) electrons. The SMILES string of the molecule is COc1ccc(CN2CCN(CC(=O)NCc3ccc(N(C)C)cc3)CC2)cc1OC. The van der Waals surface area contributed by atoms with Gasteiger partial charge in [0.05, 0.1) is 20.8 Å². The fourth-order valence-electron chi connectivity index (χ4n) is 3.71. The molecule has 1 fully saturated rings. The average Bonchev–Trinajstić information content (AvgIpc) is 2.79. The van der Waals surface area contributed by atoms with E-state index in [-0.39, 0.29) is 5.91 Å². The van der Waals surface area contributed by atoms with Gasteiger partial charge in [0.1, 0.15) is 0 Å². The van der Waals surface area contributed by atoms with E-state index >= 15 is 0 Å². The smallest absolute Gasteiger partial charge is 0.234 e. The number of amides is 1. The van der Waals surface area contributed by atoms with Crippen LogP contribution < -0.4 is 19.7 Å². The molecule has 2 aromatic carbocycles. The Morgan fingerprint density at radius 3 is 2.13 bits per heavy atom. The van der Waals surface area contributed by atoms with Crippen LogP contribution >= 0.6 is 0 Å². The van der Waals surface area contributed by atoms with E-state index in [0.29, 0.717) is 13.1 Å². The van der Waals surface area contributed by atoms with Crippen molar-refractivity contribution in [3.05, 3.63) is 53.6 Å². The molecular weight excluding hydrogens is 392 g/mol. The first-order valence-corrected chi connectivity index (χ1v) is 10.7. The number of anilines is 1. The molecule has 0 bridgehead atoms. The molecule has 31 heavy (non-hydrogen) atoms. The number of carbonyl (C=O) groups is 1. The van der Waals surface area contributed by atoms with E-state index < -0.39 is 0 Å². The van der Waals surface area contributed by atoms with Crippen LogP contribution in [0.5, 0.6) is 11.5 Å². The van der Waals surface area contributed by atoms with Gasteiger partial charge in [-0.3, -0.25) is 14.6 Å². The third kappa shape index (κ3) is 6.60. The Morgan fingerprint density at radius 2 is 1.52 bits per heavy atom. The third-order valence-corrected chi connectivity index (χ3v) is 5.63. The molecule has 1 aliphatic heterocycles. The second kappa shape index (κ2) is 11.0. The maximum absolute atomic E-state index is 12.4. The maximum atomic E-state index is 12.4. The van der Waals surface area contributed by atoms with Gasteiger partial charge in [0, 0.05) is 59.1 Å². The number of methoxy groups -OCH3 is 2. The molecule has 1 amide bonds.